The van der Waals surface area contributed by atoms with Gasteiger partial charge in [-0.2, -0.15) is 0 Å². The highest BCUT2D eigenvalue weighted by Crippen LogP contribution is 2.36. The van der Waals surface area contributed by atoms with Crippen molar-refractivity contribution in [3.63, 3.8) is 0 Å². The second kappa shape index (κ2) is 13.3. The largest absolute Gasteiger partial charge is 0.373 e. The van der Waals surface area contributed by atoms with Crippen LogP contribution in [0.4, 0.5) is 0 Å². The molecule has 0 radical (unpaired) electrons. The average molecular weight is 324 g/mol. The lowest BCUT2D eigenvalue weighted by molar-refractivity contribution is -0.0579. The molecule has 20 heavy (non-hydrogen) atoms. The van der Waals surface area contributed by atoms with Crippen LogP contribution in [0.2, 0.25) is 0 Å². The molecule has 0 aliphatic heterocycles. The van der Waals surface area contributed by atoms with Crippen LogP contribution in [0, 0.1) is 5.92 Å². The van der Waals surface area contributed by atoms with Gasteiger partial charge in [-0.15, -0.1) is 0 Å². The Labute approximate surface area is 131 Å². The summed E-state index contributed by atoms with van der Waals surface area (Å²) >= 11 is 3.85. The Balaban J connectivity index is 0.00000110. The van der Waals surface area contributed by atoms with Gasteiger partial charge in [-0.05, 0) is 32.1 Å². The van der Waals surface area contributed by atoms with Crippen molar-refractivity contribution in [3.8, 4) is 0 Å². The molecule has 0 saturated heterocycles. The maximum atomic E-state index is 9.03. The van der Waals surface area contributed by atoms with Crippen LogP contribution < -0.4 is 0 Å². The first-order valence-electron chi connectivity index (χ1n) is 8.01. The molecular weight excluding hydrogens is 291 g/mol. The highest BCUT2D eigenvalue weighted by atomic mass is 32.7. The van der Waals surface area contributed by atoms with Crippen LogP contribution in [0.1, 0.15) is 72.6 Å². The Morgan fingerprint density at radius 3 is 2.20 bits per heavy atom. The maximum Gasteiger partial charge on any atom is 0.232 e. The number of ether oxygens (including phenoxy) is 1. The molecule has 3 atom stereocenters. The molecule has 122 valence electrons. The predicted octanol–water partition coefficient (Wildman–Crippen LogP) is 5.33. The first kappa shape index (κ1) is 20.7. The van der Waals surface area contributed by atoms with Gasteiger partial charge in [0, 0.05) is 0 Å². The maximum absolute atomic E-state index is 9.03. The lowest BCUT2D eigenvalue weighted by Gasteiger charge is -2.30. The summed E-state index contributed by atoms with van der Waals surface area (Å²) in [4.78, 5) is 9.03. The molecule has 0 amide bonds. The lowest BCUT2D eigenvalue weighted by atomic mass is 9.86. The van der Waals surface area contributed by atoms with Crippen LogP contribution in [0.25, 0.3) is 0 Å². The number of hydrogen-bond acceptors (Lipinski definition) is 4. The van der Waals surface area contributed by atoms with Gasteiger partial charge in [0.25, 0.3) is 0 Å². The minimum Gasteiger partial charge on any atom is -0.373 e. The van der Waals surface area contributed by atoms with E-state index in [2.05, 4.69) is 39.9 Å². The van der Waals surface area contributed by atoms with Crippen molar-refractivity contribution in [1.29, 1.82) is 0 Å². The van der Waals surface area contributed by atoms with Gasteiger partial charge in [0.2, 0.25) is 7.58 Å². The van der Waals surface area contributed by atoms with E-state index in [9.17, 15) is 0 Å². The number of rotatable bonds is 7. The summed E-state index contributed by atoms with van der Waals surface area (Å²) in [5.74, 6) is 0.699. The van der Waals surface area contributed by atoms with E-state index in [-0.39, 0.29) is 6.10 Å². The summed E-state index contributed by atoms with van der Waals surface area (Å²) in [6.07, 6.45) is 9.17. The molecule has 1 saturated carbocycles. The summed E-state index contributed by atoms with van der Waals surface area (Å²) < 4.78 is 11.2. The molecule has 0 bridgehead atoms. The molecule has 1 N–H and O–H groups in total. The standard InChI is InChI=1S/C12H25O3PS.C3H8/c1-3-12(9-14-16(13)17)15-10(2)11-7-5-4-6-8-11;1-3-2/h10-13,17H,3-9H2,1-2H3;3H2,1-2H3. The fourth-order valence-corrected chi connectivity index (χ4v) is 2.92. The molecule has 1 aliphatic rings. The first-order valence-corrected chi connectivity index (χ1v) is 10.4. The van der Waals surface area contributed by atoms with Crippen LogP contribution >= 0.6 is 19.8 Å². The average Bonchev–Trinajstić information content (AvgIpc) is 2.44. The van der Waals surface area contributed by atoms with E-state index in [0.717, 1.165) is 6.42 Å². The number of hydrogen-bond donors (Lipinski definition) is 2. The molecule has 0 aromatic heterocycles. The van der Waals surface area contributed by atoms with Gasteiger partial charge in [0.05, 0.1) is 18.8 Å². The second-order valence-electron chi connectivity index (χ2n) is 5.53. The van der Waals surface area contributed by atoms with E-state index in [1.165, 1.54) is 38.5 Å². The van der Waals surface area contributed by atoms with Crippen LogP contribution in [-0.2, 0) is 9.26 Å². The Hall–Kier alpha value is 0.660. The molecule has 5 heteroatoms. The third-order valence-electron chi connectivity index (χ3n) is 3.55. The monoisotopic (exact) mass is 324 g/mol. The van der Waals surface area contributed by atoms with Crippen LogP contribution in [0.15, 0.2) is 0 Å². The Morgan fingerprint density at radius 1 is 1.20 bits per heavy atom. The second-order valence-corrected chi connectivity index (χ2v) is 7.32. The fourth-order valence-electron chi connectivity index (χ4n) is 2.42. The minimum absolute atomic E-state index is 0.0798. The Kier molecular flexibility index (Phi) is 13.8. The van der Waals surface area contributed by atoms with Gasteiger partial charge in [-0.25, -0.2) is 0 Å². The van der Waals surface area contributed by atoms with Crippen LogP contribution in [-0.4, -0.2) is 23.7 Å². The van der Waals surface area contributed by atoms with Crippen LogP contribution in [0.3, 0.4) is 0 Å². The van der Waals surface area contributed by atoms with Gasteiger partial charge in [0.1, 0.15) is 0 Å². The van der Waals surface area contributed by atoms with Crippen molar-refractivity contribution < 1.29 is 14.2 Å². The zero-order valence-corrected chi connectivity index (χ0v) is 15.3. The minimum atomic E-state index is -1.56. The smallest absolute Gasteiger partial charge is 0.232 e. The third kappa shape index (κ3) is 10.4. The van der Waals surface area contributed by atoms with E-state index in [4.69, 9.17) is 14.2 Å². The molecule has 0 heterocycles. The predicted molar refractivity (Wildman–Crippen MR) is 91.2 cm³/mol. The van der Waals surface area contributed by atoms with Crippen molar-refractivity contribution in [2.24, 2.45) is 5.92 Å². The van der Waals surface area contributed by atoms with Crippen molar-refractivity contribution in [1.82, 2.24) is 0 Å². The molecule has 1 rings (SSSR count). The summed E-state index contributed by atoms with van der Waals surface area (Å²) in [5.41, 5.74) is 0. The molecule has 1 fully saturated rings. The third-order valence-corrected chi connectivity index (χ3v) is 4.28. The molecule has 1 aliphatic carbocycles. The zero-order valence-electron chi connectivity index (χ0n) is 13.5. The molecule has 0 spiro atoms. The van der Waals surface area contributed by atoms with E-state index in [0.29, 0.717) is 18.6 Å². The normalized spacial score (nSPS) is 20.7. The molecule has 3 nitrogen and oxygen atoms in total. The SMILES string of the molecule is CCC.CCC(COP(O)S)OC(C)C1CCCCC1. The summed E-state index contributed by atoms with van der Waals surface area (Å²) in [6.45, 7) is 8.94. The van der Waals surface area contributed by atoms with E-state index >= 15 is 0 Å². The van der Waals surface area contributed by atoms with Gasteiger partial charge >= 0.3 is 0 Å². The Morgan fingerprint density at radius 2 is 1.75 bits per heavy atom. The lowest BCUT2D eigenvalue weighted by Crippen LogP contribution is -2.30. The van der Waals surface area contributed by atoms with Crippen molar-refractivity contribution in [2.45, 2.75) is 84.8 Å². The van der Waals surface area contributed by atoms with E-state index in [1.807, 2.05) is 0 Å². The highest BCUT2D eigenvalue weighted by molar-refractivity contribution is 8.41. The molecular formula is C15H33O3PS. The van der Waals surface area contributed by atoms with Crippen LogP contribution in [0.5, 0.6) is 0 Å². The van der Waals surface area contributed by atoms with E-state index in [1.54, 1.807) is 0 Å². The van der Waals surface area contributed by atoms with Crippen molar-refractivity contribution >= 4 is 19.8 Å². The molecule has 3 unspecified atom stereocenters. The van der Waals surface area contributed by atoms with Gasteiger partial charge in [0.15, 0.2) is 0 Å². The van der Waals surface area contributed by atoms with Crippen molar-refractivity contribution in [2.75, 3.05) is 6.61 Å². The summed E-state index contributed by atoms with van der Waals surface area (Å²) in [5, 5.41) is 0. The Bertz CT molecular complexity index is 211. The topological polar surface area (TPSA) is 38.7 Å². The quantitative estimate of drug-likeness (QED) is 0.491. The summed E-state index contributed by atoms with van der Waals surface area (Å²) in [7, 11) is -1.56. The van der Waals surface area contributed by atoms with Gasteiger partial charge < -0.3 is 14.2 Å². The van der Waals surface area contributed by atoms with Gasteiger partial charge in [-0.1, -0.05) is 58.7 Å². The van der Waals surface area contributed by atoms with Gasteiger partial charge in [-0.3, -0.25) is 0 Å². The zero-order chi connectivity index (χ0) is 15.4. The summed E-state index contributed by atoms with van der Waals surface area (Å²) in [6, 6.07) is 0. The molecule has 0 aromatic carbocycles. The first-order chi connectivity index (χ1) is 9.54. The van der Waals surface area contributed by atoms with E-state index < -0.39 is 7.58 Å². The molecule has 0 aromatic rings. The fraction of sp³-hybridized carbons (Fsp3) is 1.00. The van der Waals surface area contributed by atoms with Crippen molar-refractivity contribution in [3.05, 3.63) is 0 Å². The number of thiol groups is 1. The highest BCUT2D eigenvalue weighted by Gasteiger charge is 2.23.